The molecule has 0 bridgehead atoms. The van der Waals surface area contributed by atoms with E-state index in [-0.39, 0.29) is 5.60 Å². The van der Waals surface area contributed by atoms with E-state index < -0.39 is 0 Å². The van der Waals surface area contributed by atoms with Gasteiger partial charge in [-0.1, -0.05) is 24.3 Å². The molecule has 0 saturated carbocycles. The highest BCUT2D eigenvalue weighted by molar-refractivity contribution is 5.40. The van der Waals surface area contributed by atoms with Gasteiger partial charge in [0, 0.05) is 19.6 Å². The SMILES string of the molecule is COC(C)(C)CCNCC1Cc2ccccc21. The highest BCUT2D eigenvalue weighted by atomic mass is 16.5. The normalized spacial score (nSPS) is 18.6. The van der Waals surface area contributed by atoms with Gasteiger partial charge in [0.1, 0.15) is 0 Å². The van der Waals surface area contributed by atoms with Crippen LogP contribution in [-0.2, 0) is 11.2 Å². The molecule has 1 aromatic rings. The first-order chi connectivity index (χ1) is 8.12. The molecule has 2 rings (SSSR count). The molecule has 17 heavy (non-hydrogen) atoms. The van der Waals surface area contributed by atoms with E-state index in [1.165, 1.54) is 17.5 Å². The molecule has 1 atom stereocenters. The summed E-state index contributed by atoms with van der Waals surface area (Å²) in [5, 5.41) is 3.54. The van der Waals surface area contributed by atoms with E-state index in [9.17, 15) is 0 Å². The maximum absolute atomic E-state index is 5.40. The molecule has 0 fully saturated rings. The smallest absolute Gasteiger partial charge is 0.0634 e. The Labute approximate surface area is 104 Å². The molecule has 0 heterocycles. The highest BCUT2D eigenvalue weighted by Gasteiger charge is 2.24. The van der Waals surface area contributed by atoms with E-state index in [1.807, 2.05) is 0 Å². The number of methoxy groups -OCH3 is 1. The number of fused-ring (bicyclic) bond motifs is 1. The molecule has 0 aromatic heterocycles. The van der Waals surface area contributed by atoms with Crippen LogP contribution in [0, 0.1) is 0 Å². The van der Waals surface area contributed by atoms with Gasteiger partial charge in [0.2, 0.25) is 0 Å². The number of rotatable bonds is 6. The quantitative estimate of drug-likeness (QED) is 0.763. The fourth-order valence-corrected chi connectivity index (χ4v) is 2.31. The van der Waals surface area contributed by atoms with Crippen molar-refractivity contribution in [1.29, 1.82) is 0 Å². The van der Waals surface area contributed by atoms with E-state index in [4.69, 9.17) is 4.74 Å². The number of hydrogen-bond donors (Lipinski definition) is 1. The van der Waals surface area contributed by atoms with Crippen molar-refractivity contribution in [3.05, 3.63) is 35.4 Å². The van der Waals surface area contributed by atoms with Crippen LogP contribution in [0.2, 0.25) is 0 Å². The van der Waals surface area contributed by atoms with Gasteiger partial charge in [0.25, 0.3) is 0 Å². The minimum Gasteiger partial charge on any atom is -0.379 e. The van der Waals surface area contributed by atoms with Crippen molar-refractivity contribution in [3.63, 3.8) is 0 Å². The van der Waals surface area contributed by atoms with Crippen LogP contribution in [0.4, 0.5) is 0 Å². The van der Waals surface area contributed by atoms with Crippen molar-refractivity contribution >= 4 is 0 Å². The van der Waals surface area contributed by atoms with E-state index in [0.29, 0.717) is 0 Å². The van der Waals surface area contributed by atoms with Crippen molar-refractivity contribution in [2.45, 2.75) is 38.2 Å². The Kier molecular flexibility index (Phi) is 3.85. The lowest BCUT2D eigenvalue weighted by molar-refractivity contribution is 0.0158. The average Bonchev–Trinajstić information content (AvgIpc) is 2.29. The monoisotopic (exact) mass is 233 g/mol. The summed E-state index contributed by atoms with van der Waals surface area (Å²) in [5.41, 5.74) is 3.05. The van der Waals surface area contributed by atoms with Crippen molar-refractivity contribution < 1.29 is 4.74 Å². The Morgan fingerprint density at radius 1 is 1.35 bits per heavy atom. The highest BCUT2D eigenvalue weighted by Crippen LogP contribution is 2.33. The first kappa shape index (κ1) is 12.6. The standard InChI is InChI=1S/C15H23NO/c1-15(2,17-3)8-9-16-11-13-10-12-6-4-5-7-14(12)13/h4-7,13,16H,8-11H2,1-3H3. The Bertz CT molecular complexity index is 373. The first-order valence-corrected chi connectivity index (χ1v) is 6.46. The minimum absolute atomic E-state index is 0.00940. The summed E-state index contributed by atoms with van der Waals surface area (Å²) in [6.07, 6.45) is 2.29. The molecule has 0 radical (unpaired) electrons. The largest absolute Gasteiger partial charge is 0.379 e. The minimum atomic E-state index is -0.00940. The molecule has 0 spiro atoms. The van der Waals surface area contributed by atoms with Gasteiger partial charge in [-0.2, -0.15) is 0 Å². The lowest BCUT2D eigenvalue weighted by atomic mass is 9.77. The molecule has 2 nitrogen and oxygen atoms in total. The summed E-state index contributed by atoms with van der Waals surface area (Å²) < 4.78 is 5.40. The van der Waals surface area contributed by atoms with E-state index in [2.05, 4.69) is 43.4 Å². The molecule has 1 aromatic carbocycles. The summed E-state index contributed by atoms with van der Waals surface area (Å²) in [5.74, 6) is 0.719. The summed E-state index contributed by atoms with van der Waals surface area (Å²) in [4.78, 5) is 0. The molecule has 1 N–H and O–H groups in total. The molecule has 2 heteroatoms. The van der Waals surface area contributed by atoms with E-state index in [0.717, 1.165) is 25.4 Å². The van der Waals surface area contributed by atoms with Crippen LogP contribution in [0.3, 0.4) is 0 Å². The van der Waals surface area contributed by atoms with Gasteiger partial charge in [-0.05, 0) is 44.4 Å². The van der Waals surface area contributed by atoms with Gasteiger partial charge in [0.05, 0.1) is 5.60 Å². The second kappa shape index (κ2) is 5.19. The first-order valence-electron chi connectivity index (χ1n) is 6.46. The molecule has 0 saturated heterocycles. The second-order valence-electron chi connectivity index (χ2n) is 5.52. The van der Waals surface area contributed by atoms with Crippen LogP contribution in [-0.4, -0.2) is 25.8 Å². The third-order valence-electron chi connectivity index (χ3n) is 3.81. The molecular formula is C15H23NO. The second-order valence-corrected chi connectivity index (χ2v) is 5.52. The molecular weight excluding hydrogens is 210 g/mol. The van der Waals surface area contributed by atoms with E-state index in [1.54, 1.807) is 7.11 Å². The van der Waals surface area contributed by atoms with Crippen LogP contribution in [0.1, 0.15) is 37.3 Å². The molecule has 1 aliphatic carbocycles. The van der Waals surface area contributed by atoms with Crippen molar-refractivity contribution in [1.82, 2.24) is 5.32 Å². The number of hydrogen-bond acceptors (Lipinski definition) is 2. The Balaban J connectivity index is 1.69. The molecule has 1 unspecified atom stereocenters. The molecule has 1 aliphatic rings. The maximum Gasteiger partial charge on any atom is 0.0634 e. The molecule has 0 amide bonds. The summed E-state index contributed by atoms with van der Waals surface area (Å²) in [7, 11) is 1.78. The number of benzene rings is 1. The van der Waals surface area contributed by atoms with Gasteiger partial charge in [-0.25, -0.2) is 0 Å². The molecule has 0 aliphatic heterocycles. The van der Waals surface area contributed by atoms with Crippen LogP contribution >= 0.6 is 0 Å². The molecule has 94 valence electrons. The van der Waals surface area contributed by atoms with Crippen molar-refractivity contribution in [3.8, 4) is 0 Å². The van der Waals surface area contributed by atoms with Gasteiger partial charge in [0.15, 0.2) is 0 Å². The van der Waals surface area contributed by atoms with Crippen LogP contribution in [0.25, 0.3) is 0 Å². The van der Waals surface area contributed by atoms with Gasteiger partial charge >= 0.3 is 0 Å². The van der Waals surface area contributed by atoms with Gasteiger partial charge in [-0.3, -0.25) is 0 Å². The lowest BCUT2D eigenvalue weighted by Gasteiger charge is -2.31. The van der Waals surface area contributed by atoms with Crippen LogP contribution in [0.15, 0.2) is 24.3 Å². The van der Waals surface area contributed by atoms with Gasteiger partial charge < -0.3 is 10.1 Å². The zero-order chi connectivity index (χ0) is 12.3. The zero-order valence-electron chi connectivity index (χ0n) is 11.1. The lowest BCUT2D eigenvalue weighted by Crippen LogP contribution is -2.33. The number of ether oxygens (including phenoxy) is 1. The predicted molar refractivity (Wildman–Crippen MR) is 71.5 cm³/mol. The Morgan fingerprint density at radius 3 is 2.82 bits per heavy atom. The van der Waals surface area contributed by atoms with E-state index >= 15 is 0 Å². The van der Waals surface area contributed by atoms with Crippen molar-refractivity contribution in [2.75, 3.05) is 20.2 Å². The predicted octanol–water partition coefficient (Wildman–Crippen LogP) is 2.73. The van der Waals surface area contributed by atoms with Crippen LogP contribution < -0.4 is 5.32 Å². The van der Waals surface area contributed by atoms with Crippen molar-refractivity contribution in [2.24, 2.45) is 0 Å². The zero-order valence-corrected chi connectivity index (χ0v) is 11.1. The summed E-state index contributed by atoms with van der Waals surface area (Å²) in [6.45, 7) is 6.39. The fraction of sp³-hybridized carbons (Fsp3) is 0.600. The summed E-state index contributed by atoms with van der Waals surface area (Å²) >= 11 is 0. The van der Waals surface area contributed by atoms with Crippen LogP contribution in [0.5, 0.6) is 0 Å². The Morgan fingerprint density at radius 2 is 2.12 bits per heavy atom. The average molecular weight is 233 g/mol. The fourth-order valence-electron chi connectivity index (χ4n) is 2.31. The third kappa shape index (κ3) is 3.08. The number of nitrogens with one attached hydrogen (secondary N) is 1. The Hall–Kier alpha value is -0.860. The maximum atomic E-state index is 5.40. The third-order valence-corrected chi connectivity index (χ3v) is 3.81. The topological polar surface area (TPSA) is 21.3 Å². The summed E-state index contributed by atoms with van der Waals surface area (Å²) in [6, 6.07) is 8.76. The van der Waals surface area contributed by atoms with Gasteiger partial charge in [-0.15, -0.1) is 0 Å².